The molecule has 0 aliphatic carbocycles. The number of aromatic nitrogens is 1. The lowest BCUT2D eigenvalue weighted by Gasteiger charge is -2.21. The van der Waals surface area contributed by atoms with E-state index in [0.717, 1.165) is 16.6 Å². The van der Waals surface area contributed by atoms with Crippen molar-refractivity contribution in [2.75, 3.05) is 11.9 Å². The molecule has 0 amide bonds. The predicted molar refractivity (Wildman–Crippen MR) is 73.2 cm³/mol. The van der Waals surface area contributed by atoms with Gasteiger partial charge in [0.05, 0.1) is 16.8 Å². The standard InChI is InChI=1S/C14H16N4/c1-14(2,16)9-18-13-10(7-15)8-17-12-6-4-3-5-11(12)13/h3-6,8H,9,16H2,1-2H3,(H,17,18). The number of nitrogens with zero attached hydrogens (tertiary/aromatic N) is 2. The second kappa shape index (κ2) is 4.63. The summed E-state index contributed by atoms with van der Waals surface area (Å²) < 4.78 is 0. The largest absolute Gasteiger partial charge is 0.382 e. The van der Waals surface area contributed by atoms with Gasteiger partial charge in [0.25, 0.3) is 0 Å². The Morgan fingerprint density at radius 3 is 2.78 bits per heavy atom. The molecule has 3 N–H and O–H groups in total. The first-order chi connectivity index (χ1) is 8.51. The molecule has 0 spiro atoms. The molecule has 0 aliphatic rings. The van der Waals surface area contributed by atoms with Gasteiger partial charge in [-0.3, -0.25) is 4.98 Å². The lowest BCUT2D eigenvalue weighted by atomic mass is 10.1. The molecule has 0 radical (unpaired) electrons. The van der Waals surface area contributed by atoms with Crippen LogP contribution in [0.4, 0.5) is 5.69 Å². The lowest BCUT2D eigenvalue weighted by molar-refractivity contribution is 0.549. The van der Waals surface area contributed by atoms with Crippen LogP contribution in [-0.2, 0) is 0 Å². The third-order valence-electron chi connectivity index (χ3n) is 2.62. The number of rotatable bonds is 3. The van der Waals surface area contributed by atoms with Gasteiger partial charge in [0.2, 0.25) is 0 Å². The van der Waals surface area contributed by atoms with Crippen LogP contribution in [0, 0.1) is 11.3 Å². The van der Waals surface area contributed by atoms with E-state index < -0.39 is 0 Å². The zero-order valence-corrected chi connectivity index (χ0v) is 10.6. The molecule has 0 saturated heterocycles. The van der Waals surface area contributed by atoms with E-state index in [9.17, 15) is 0 Å². The van der Waals surface area contributed by atoms with Crippen LogP contribution < -0.4 is 11.1 Å². The molecular weight excluding hydrogens is 224 g/mol. The normalized spacial score (nSPS) is 11.2. The Kier molecular flexibility index (Phi) is 3.17. The number of nitriles is 1. The van der Waals surface area contributed by atoms with Crippen LogP contribution in [-0.4, -0.2) is 17.1 Å². The van der Waals surface area contributed by atoms with E-state index in [0.29, 0.717) is 12.1 Å². The maximum absolute atomic E-state index is 9.15. The van der Waals surface area contributed by atoms with Crippen LogP contribution in [0.3, 0.4) is 0 Å². The van der Waals surface area contributed by atoms with E-state index in [1.54, 1.807) is 6.20 Å². The summed E-state index contributed by atoms with van der Waals surface area (Å²) in [5.41, 5.74) is 7.84. The average Bonchev–Trinajstić information content (AvgIpc) is 2.34. The Morgan fingerprint density at radius 2 is 2.11 bits per heavy atom. The first-order valence-electron chi connectivity index (χ1n) is 5.82. The SMILES string of the molecule is CC(C)(N)CNc1c(C#N)cnc2ccccc12. The van der Waals surface area contributed by atoms with E-state index >= 15 is 0 Å². The highest BCUT2D eigenvalue weighted by Crippen LogP contribution is 2.25. The highest BCUT2D eigenvalue weighted by Gasteiger charge is 2.13. The maximum Gasteiger partial charge on any atom is 0.103 e. The molecule has 0 saturated carbocycles. The molecule has 2 aromatic rings. The van der Waals surface area contributed by atoms with Crippen LogP contribution in [0.5, 0.6) is 0 Å². The van der Waals surface area contributed by atoms with E-state index in [1.807, 2.05) is 38.1 Å². The molecule has 1 heterocycles. The Bertz CT molecular complexity index is 605. The molecule has 92 valence electrons. The minimum atomic E-state index is -0.336. The number of nitrogens with one attached hydrogen (secondary N) is 1. The fourth-order valence-corrected chi connectivity index (χ4v) is 1.73. The Hall–Kier alpha value is -2.12. The Morgan fingerprint density at radius 1 is 1.39 bits per heavy atom. The number of fused-ring (bicyclic) bond motifs is 1. The fraction of sp³-hybridized carbons (Fsp3) is 0.286. The van der Waals surface area contributed by atoms with Gasteiger partial charge in [-0.2, -0.15) is 5.26 Å². The number of para-hydroxylation sites is 1. The van der Waals surface area contributed by atoms with Crippen molar-refractivity contribution in [3.8, 4) is 6.07 Å². The minimum Gasteiger partial charge on any atom is -0.382 e. The van der Waals surface area contributed by atoms with Gasteiger partial charge in [-0.15, -0.1) is 0 Å². The van der Waals surface area contributed by atoms with Gasteiger partial charge in [0.15, 0.2) is 0 Å². The summed E-state index contributed by atoms with van der Waals surface area (Å²) in [4.78, 5) is 4.26. The number of nitrogens with two attached hydrogens (primary N) is 1. The highest BCUT2D eigenvalue weighted by atomic mass is 14.9. The van der Waals surface area contributed by atoms with Crippen molar-refractivity contribution in [1.29, 1.82) is 5.26 Å². The van der Waals surface area contributed by atoms with Gasteiger partial charge < -0.3 is 11.1 Å². The van der Waals surface area contributed by atoms with Crippen LogP contribution in [0.1, 0.15) is 19.4 Å². The molecule has 0 bridgehead atoms. The highest BCUT2D eigenvalue weighted by molar-refractivity contribution is 5.93. The summed E-state index contributed by atoms with van der Waals surface area (Å²) in [6.45, 7) is 4.47. The molecule has 18 heavy (non-hydrogen) atoms. The van der Waals surface area contributed by atoms with E-state index in [1.165, 1.54) is 0 Å². The molecule has 4 nitrogen and oxygen atoms in total. The second-order valence-corrected chi connectivity index (χ2v) is 5.02. The van der Waals surface area contributed by atoms with Crippen molar-refractivity contribution in [3.63, 3.8) is 0 Å². The monoisotopic (exact) mass is 240 g/mol. The quantitative estimate of drug-likeness (QED) is 0.863. The molecule has 2 rings (SSSR count). The van der Waals surface area contributed by atoms with Crippen molar-refractivity contribution in [3.05, 3.63) is 36.0 Å². The van der Waals surface area contributed by atoms with Crippen molar-refractivity contribution < 1.29 is 0 Å². The molecule has 1 aromatic heterocycles. The second-order valence-electron chi connectivity index (χ2n) is 5.02. The first kappa shape index (κ1) is 12.3. The summed E-state index contributed by atoms with van der Waals surface area (Å²) in [7, 11) is 0. The molecule has 0 aliphatic heterocycles. The minimum absolute atomic E-state index is 0.336. The zero-order chi connectivity index (χ0) is 13.2. The summed E-state index contributed by atoms with van der Waals surface area (Å²) in [6, 6.07) is 9.90. The van der Waals surface area contributed by atoms with Crippen molar-refractivity contribution in [1.82, 2.24) is 4.98 Å². The molecule has 0 atom stereocenters. The van der Waals surface area contributed by atoms with E-state index in [4.69, 9.17) is 11.0 Å². The number of benzene rings is 1. The van der Waals surface area contributed by atoms with Crippen LogP contribution in [0.25, 0.3) is 10.9 Å². The van der Waals surface area contributed by atoms with Gasteiger partial charge in [-0.1, -0.05) is 18.2 Å². The molecule has 0 unspecified atom stereocenters. The molecular formula is C14H16N4. The van der Waals surface area contributed by atoms with Gasteiger partial charge in [0.1, 0.15) is 6.07 Å². The Balaban J connectivity index is 2.49. The number of hydrogen-bond donors (Lipinski definition) is 2. The molecule has 1 aromatic carbocycles. The van der Waals surface area contributed by atoms with Crippen molar-refractivity contribution in [2.24, 2.45) is 5.73 Å². The smallest absolute Gasteiger partial charge is 0.103 e. The van der Waals surface area contributed by atoms with Crippen LogP contribution >= 0.6 is 0 Å². The van der Waals surface area contributed by atoms with E-state index in [-0.39, 0.29) is 5.54 Å². The lowest BCUT2D eigenvalue weighted by Crippen LogP contribution is -2.39. The van der Waals surface area contributed by atoms with Gasteiger partial charge >= 0.3 is 0 Å². The fourth-order valence-electron chi connectivity index (χ4n) is 1.73. The third kappa shape index (κ3) is 2.58. The number of anilines is 1. The maximum atomic E-state index is 9.15. The number of hydrogen-bond acceptors (Lipinski definition) is 4. The third-order valence-corrected chi connectivity index (χ3v) is 2.62. The van der Waals surface area contributed by atoms with Crippen molar-refractivity contribution >= 4 is 16.6 Å². The van der Waals surface area contributed by atoms with Crippen LogP contribution in [0.15, 0.2) is 30.5 Å². The molecule has 4 heteroatoms. The average molecular weight is 240 g/mol. The van der Waals surface area contributed by atoms with Crippen LogP contribution in [0.2, 0.25) is 0 Å². The molecule has 0 fully saturated rings. The Labute approximate surface area is 106 Å². The van der Waals surface area contributed by atoms with E-state index in [2.05, 4.69) is 16.4 Å². The van der Waals surface area contributed by atoms with Gasteiger partial charge in [0, 0.05) is 23.7 Å². The zero-order valence-electron chi connectivity index (χ0n) is 10.6. The van der Waals surface area contributed by atoms with Crippen molar-refractivity contribution in [2.45, 2.75) is 19.4 Å². The summed E-state index contributed by atoms with van der Waals surface area (Å²) in [5.74, 6) is 0. The summed E-state index contributed by atoms with van der Waals surface area (Å²) in [6.07, 6.45) is 1.59. The van der Waals surface area contributed by atoms with Gasteiger partial charge in [-0.25, -0.2) is 0 Å². The predicted octanol–water partition coefficient (Wildman–Crippen LogP) is 2.26. The topological polar surface area (TPSA) is 74.7 Å². The summed E-state index contributed by atoms with van der Waals surface area (Å²) >= 11 is 0. The van der Waals surface area contributed by atoms with Gasteiger partial charge in [-0.05, 0) is 19.9 Å². The summed E-state index contributed by atoms with van der Waals surface area (Å²) in [5, 5.41) is 13.4. The number of pyridine rings is 1. The first-order valence-corrected chi connectivity index (χ1v) is 5.82.